The molecule has 0 spiro atoms. The third-order valence-corrected chi connectivity index (χ3v) is 12.5. The van der Waals surface area contributed by atoms with E-state index in [2.05, 4.69) is 252 Å². The second-order valence-electron chi connectivity index (χ2n) is 16.1. The van der Waals surface area contributed by atoms with Crippen LogP contribution in [-0.2, 0) is 0 Å². The maximum atomic E-state index is 2.46. The highest BCUT2D eigenvalue weighted by molar-refractivity contribution is 6.17. The quantitative estimate of drug-likeness (QED) is 0.152. The molecule has 10 aromatic carbocycles. The second-order valence-corrected chi connectivity index (χ2v) is 16.1. The van der Waals surface area contributed by atoms with E-state index < -0.39 is 0 Å². The Kier molecular flexibility index (Phi) is 8.53. The largest absolute Gasteiger partial charge is 0.309 e. The van der Waals surface area contributed by atoms with Crippen molar-refractivity contribution < 1.29 is 0 Å². The molecule has 0 aliphatic rings. The third-order valence-electron chi connectivity index (χ3n) is 12.5. The highest BCUT2D eigenvalue weighted by atomic mass is 15.0. The van der Waals surface area contributed by atoms with Crippen LogP contribution in [0, 0.1) is 0 Å². The van der Waals surface area contributed by atoms with Crippen LogP contribution < -0.4 is 0 Å². The number of aromatic nitrogens is 2. The number of benzene rings is 10. The molecule has 0 aliphatic carbocycles. The van der Waals surface area contributed by atoms with Crippen LogP contribution in [0.5, 0.6) is 0 Å². The summed E-state index contributed by atoms with van der Waals surface area (Å²) >= 11 is 0. The number of rotatable bonds is 7. The maximum absolute atomic E-state index is 2.46. The van der Waals surface area contributed by atoms with Crippen LogP contribution in [0.1, 0.15) is 0 Å². The first kappa shape index (κ1) is 35.7. The zero-order chi connectivity index (χ0) is 41.0. The van der Waals surface area contributed by atoms with Crippen molar-refractivity contribution in [1.82, 2.24) is 9.13 Å². The fourth-order valence-electron chi connectivity index (χ4n) is 9.62. The zero-order valence-electron chi connectivity index (χ0n) is 34.0. The summed E-state index contributed by atoms with van der Waals surface area (Å²) in [6.07, 6.45) is 0. The van der Waals surface area contributed by atoms with Gasteiger partial charge in [0.1, 0.15) is 0 Å². The standard InChI is InChI=1S/C60H40N2/c1-5-16-41(17-6-1)43-28-33-49(34-29-43)61-58-37-32-48(40-54(58)60-50(25-15-27-59(60)61)44-20-9-3-10-21-44)47-31-36-57-53(39-47)51-24-13-14-26-55(51)62(57)56-35-30-46(42-18-7-2-8-19-42)38-52(56)45-22-11-4-12-23-45/h1-40H. The van der Waals surface area contributed by atoms with Gasteiger partial charge < -0.3 is 9.13 Å². The Morgan fingerprint density at radius 3 is 1.34 bits per heavy atom. The Bertz CT molecular complexity index is 3580. The maximum Gasteiger partial charge on any atom is 0.0547 e. The molecule has 2 nitrogen and oxygen atoms in total. The van der Waals surface area contributed by atoms with Gasteiger partial charge >= 0.3 is 0 Å². The molecule has 2 aromatic heterocycles. The van der Waals surface area contributed by atoms with E-state index in [0.717, 1.165) is 11.4 Å². The zero-order valence-corrected chi connectivity index (χ0v) is 34.0. The summed E-state index contributed by atoms with van der Waals surface area (Å²) in [5, 5.41) is 4.96. The van der Waals surface area contributed by atoms with Crippen molar-refractivity contribution in [2.45, 2.75) is 0 Å². The van der Waals surface area contributed by atoms with E-state index in [1.54, 1.807) is 0 Å². The summed E-state index contributed by atoms with van der Waals surface area (Å²) in [6, 6.07) is 88.4. The van der Waals surface area contributed by atoms with Gasteiger partial charge in [-0.3, -0.25) is 0 Å². The number of nitrogens with zero attached hydrogens (tertiary/aromatic N) is 2. The molecular weight excluding hydrogens is 749 g/mol. The lowest BCUT2D eigenvalue weighted by atomic mass is 9.96. The van der Waals surface area contributed by atoms with Crippen LogP contribution in [-0.4, -0.2) is 9.13 Å². The normalized spacial score (nSPS) is 11.5. The van der Waals surface area contributed by atoms with Gasteiger partial charge in [-0.05, 0) is 111 Å². The van der Waals surface area contributed by atoms with Crippen LogP contribution >= 0.6 is 0 Å². The first-order valence-electron chi connectivity index (χ1n) is 21.3. The summed E-state index contributed by atoms with van der Waals surface area (Å²) < 4.78 is 4.89. The van der Waals surface area contributed by atoms with Crippen molar-refractivity contribution in [3.05, 3.63) is 243 Å². The van der Waals surface area contributed by atoms with Crippen molar-refractivity contribution >= 4 is 43.6 Å². The fourth-order valence-corrected chi connectivity index (χ4v) is 9.62. The van der Waals surface area contributed by atoms with Crippen LogP contribution in [0.25, 0.3) is 111 Å². The molecule has 0 radical (unpaired) electrons. The Hall–Kier alpha value is -8.20. The molecule has 0 saturated carbocycles. The number of para-hydroxylation sites is 1. The van der Waals surface area contributed by atoms with Crippen molar-refractivity contribution in [3.8, 4) is 67.0 Å². The van der Waals surface area contributed by atoms with Gasteiger partial charge in [0.25, 0.3) is 0 Å². The van der Waals surface area contributed by atoms with Crippen LogP contribution in [0.3, 0.4) is 0 Å². The molecule has 12 aromatic rings. The Balaban J connectivity index is 1.04. The number of fused-ring (bicyclic) bond motifs is 6. The van der Waals surface area contributed by atoms with Crippen molar-refractivity contribution in [3.63, 3.8) is 0 Å². The first-order valence-corrected chi connectivity index (χ1v) is 21.3. The van der Waals surface area contributed by atoms with E-state index in [0.29, 0.717) is 0 Å². The lowest BCUT2D eigenvalue weighted by Gasteiger charge is -2.16. The van der Waals surface area contributed by atoms with Gasteiger partial charge in [-0.25, -0.2) is 0 Å². The Morgan fingerprint density at radius 1 is 0.226 bits per heavy atom. The molecule has 0 fully saturated rings. The third kappa shape index (κ3) is 5.96. The minimum absolute atomic E-state index is 1.14. The molecule has 0 unspecified atom stereocenters. The van der Waals surface area contributed by atoms with E-state index >= 15 is 0 Å². The Labute approximate surface area is 360 Å². The van der Waals surface area contributed by atoms with Gasteiger partial charge in [0.15, 0.2) is 0 Å². The van der Waals surface area contributed by atoms with E-state index in [-0.39, 0.29) is 0 Å². The number of hydrogen-bond donors (Lipinski definition) is 0. The van der Waals surface area contributed by atoms with Gasteiger partial charge in [-0.15, -0.1) is 0 Å². The summed E-state index contributed by atoms with van der Waals surface area (Å²) in [4.78, 5) is 0. The van der Waals surface area contributed by atoms with Gasteiger partial charge in [0, 0.05) is 32.8 Å². The predicted molar refractivity (Wildman–Crippen MR) is 262 cm³/mol. The molecule has 2 heterocycles. The summed E-state index contributed by atoms with van der Waals surface area (Å²) in [7, 11) is 0. The van der Waals surface area contributed by atoms with E-state index in [9.17, 15) is 0 Å². The topological polar surface area (TPSA) is 9.86 Å². The Morgan fingerprint density at radius 2 is 0.677 bits per heavy atom. The van der Waals surface area contributed by atoms with Gasteiger partial charge in [-0.1, -0.05) is 182 Å². The summed E-state index contributed by atoms with van der Waals surface area (Å²) in [5.41, 5.74) is 19.1. The predicted octanol–water partition coefficient (Wildman–Crippen LogP) is 16.2. The van der Waals surface area contributed by atoms with Gasteiger partial charge in [0.2, 0.25) is 0 Å². The van der Waals surface area contributed by atoms with E-state index in [4.69, 9.17) is 0 Å². The average Bonchev–Trinajstić information content (AvgIpc) is 3.87. The van der Waals surface area contributed by atoms with Crippen molar-refractivity contribution in [2.24, 2.45) is 0 Å². The molecule has 0 N–H and O–H groups in total. The molecule has 62 heavy (non-hydrogen) atoms. The summed E-state index contributed by atoms with van der Waals surface area (Å²) in [5.74, 6) is 0. The van der Waals surface area contributed by atoms with Gasteiger partial charge in [-0.2, -0.15) is 0 Å². The monoisotopic (exact) mass is 788 g/mol. The molecule has 0 amide bonds. The SMILES string of the molecule is c1ccc(-c2ccc(-n3c4ccc(-c5ccc6c(c5)c5ccccc5n6-c5ccc(-c6ccccc6)cc5-c5ccccc5)cc4c4c(-c5ccccc5)cccc43)cc2)cc1. The minimum Gasteiger partial charge on any atom is -0.309 e. The van der Waals surface area contributed by atoms with E-state index in [1.165, 1.54) is 99.2 Å². The fraction of sp³-hybridized carbons (Fsp3) is 0. The van der Waals surface area contributed by atoms with Crippen LogP contribution in [0.15, 0.2) is 243 Å². The molecule has 0 aliphatic heterocycles. The van der Waals surface area contributed by atoms with Crippen molar-refractivity contribution in [1.29, 1.82) is 0 Å². The second kappa shape index (κ2) is 14.8. The van der Waals surface area contributed by atoms with Gasteiger partial charge in [0.05, 0.1) is 27.8 Å². The molecule has 0 saturated heterocycles. The molecule has 0 atom stereocenters. The molecule has 2 heteroatoms. The lowest BCUT2D eigenvalue weighted by molar-refractivity contribution is 1.18. The smallest absolute Gasteiger partial charge is 0.0547 e. The molecular formula is C60H40N2. The van der Waals surface area contributed by atoms with Crippen LogP contribution in [0.4, 0.5) is 0 Å². The van der Waals surface area contributed by atoms with Crippen LogP contribution in [0.2, 0.25) is 0 Å². The highest BCUT2D eigenvalue weighted by Crippen LogP contribution is 2.43. The average molecular weight is 789 g/mol. The van der Waals surface area contributed by atoms with E-state index in [1.807, 2.05) is 0 Å². The molecule has 0 bridgehead atoms. The summed E-state index contributed by atoms with van der Waals surface area (Å²) in [6.45, 7) is 0. The molecule has 290 valence electrons. The molecule has 12 rings (SSSR count). The highest BCUT2D eigenvalue weighted by Gasteiger charge is 2.20. The lowest BCUT2D eigenvalue weighted by Crippen LogP contribution is -1.98. The first-order chi connectivity index (χ1) is 30.8. The van der Waals surface area contributed by atoms with Crippen molar-refractivity contribution in [2.75, 3.05) is 0 Å². The minimum atomic E-state index is 1.14. The number of hydrogen-bond acceptors (Lipinski definition) is 0.